The summed E-state index contributed by atoms with van der Waals surface area (Å²) in [5.41, 5.74) is 5.89. The lowest BCUT2D eigenvalue weighted by atomic mass is 10.1. The van der Waals surface area contributed by atoms with Crippen LogP contribution in [-0.4, -0.2) is 17.1 Å². The Labute approximate surface area is 162 Å². The summed E-state index contributed by atoms with van der Waals surface area (Å²) in [7, 11) is 0. The molecule has 0 aliphatic heterocycles. The fourth-order valence-electron chi connectivity index (χ4n) is 2.85. The molecule has 5 nitrogen and oxygen atoms in total. The fraction of sp³-hybridized carbons (Fsp3) is 0. The second kappa shape index (κ2) is 8.14. The van der Waals surface area contributed by atoms with E-state index in [0.29, 0.717) is 11.4 Å². The monoisotopic (exact) mass is 366 g/mol. The van der Waals surface area contributed by atoms with Gasteiger partial charge < -0.3 is 5.32 Å². The predicted molar refractivity (Wildman–Crippen MR) is 114 cm³/mol. The number of hydrazone groups is 1. The van der Waals surface area contributed by atoms with Crippen molar-refractivity contribution in [3.63, 3.8) is 0 Å². The summed E-state index contributed by atoms with van der Waals surface area (Å²) in [6, 6.07) is 28.4. The van der Waals surface area contributed by atoms with Crippen molar-refractivity contribution in [2.75, 3.05) is 10.7 Å². The molecule has 0 fully saturated rings. The highest BCUT2D eigenvalue weighted by molar-refractivity contribution is 6.13. The van der Waals surface area contributed by atoms with Crippen molar-refractivity contribution in [3.8, 4) is 0 Å². The van der Waals surface area contributed by atoms with Gasteiger partial charge in [-0.2, -0.15) is 5.10 Å². The minimum Gasteiger partial charge on any atom is -0.322 e. The van der Waals surface area contributed by atoms with E-state index in [1.165, 1.54) is 0 Å². The number of fused-ring (bicyclic) bond motifs is 1. The maximum atomic E-state index is 12.9. The number of benzene rings is 3. The van der Waals surface area contributed by atoms with Crippen LogP contribution in [0.25, 0.3) is 10.9 Å². The Morgan fingerprint density at radius 3 is 2.32 bits per heavy atom. The van der Waals surface area contributed by atoms with Crippen molar-refractivity contribution in [2.45, 2.75) is 0 Å². The van der Waals surface area contributed by atoms with E-state index < -0.39 is 0 Å². The van der Waals surface area contributed by atoms with Crippen LogP contribution in [-0.2, 0) is 0 Å². The third kappa shape index (κ3) is 4.04. The Hall–Kier alpha value is -3.99. The standard InChI is InChI=1S/C23H18N4O/c28-23(25-18-11-5-2-6-12-18)20-15-22(26-21-14-8-7-13-19(20)21)27-24-16-17-9-3-1-4-10-17/h1-16H,(H,25,28)(H,26,27)/b24-16+. The van der Waals surface area contributed by atoms with Crippen LogP contribution < -0.4 is 10.7 Å². The summed E-state index contributed by atoms with van der Waals surface area (Å²) in [5, 5.41) is 7.95. The molecular weight excluding hydrogens is 348 g/mol. The number of amides is 1. The van der Waals surface area contributed by atoms with Gasteiger partial charge in [0, 0.05) is 11.1 Å². The van der Waals surface area contributed by atoms with Crippen LogP contribution >= 0.6 is 0 Å². The van der Waals surface area contributed by atoms with Crippen LogP contribution in [0, 0.1) is 0 Å². The average molecular weight is 366 g/mol. The lowest BCUT2D eigenvalue weighted by Crippen LogP contribution is -2.13. The van der Waals surface area contributed by atoms with Gasteiger partial charge in [0.05, 0.1) is 17.3 Å². The van der Waals surface area contributed by atoms with Crippen LogP contribution in [0.3, 0.4) is 0 Å². The van der Waals surface area contributed by atoms with E-state index in [0.717, 1.165) is 22.2 Å². The van der Waals surface area contributed by atoms with Crippen LogP contribution in [0.2, 0.25) is 0 Å². The number of anilines is 2. The number of nitrogens with one attached hydrogen (secondary N) is 2. The van der Waals surface area contributed by atoms with Gasteiger partial charge in [0.25, 0.3) is 5.91 Å². The Balaban J connectivity index is 1.63. The molecule has 2 N–H and O–H groups in total. The molecule has 1 heterocycles. The summed E-state index contributed by atoms with van der Waals surface area (Å²) < 4.78 is 0. The smallest absolute Gasteiger partial charge is 0.256 e. The summed E-state index contributed by atoms with van der Waals surface area (Å²) in [4.78, 5) is 17.4. The molecule has 1 aromatic heterocycles. The molecule has 3 aromatic carbocycles. The number of hydrogen-bond acceptors (Lipinski definition) is 4. The summed E-state index contributed by atoms with van der Waals surface area (Å²) in [5.74, 6) is 0.309. The number of hydrogen-bond donors (Lipinski definition) is 2. The highest BCUT2D eigenvalue weighted by atomic mass is 16.1. The molecule has 0 spiro atoms. The highest BCUT2D eigenvalue weighted by Gasteiger charge is 2.13. The molecule has 1 amide bonds. The summed E-state index contributed by atoms with van der Waals surface area (Å²) in [6.07, 6.45) is 1.71. The zero-order valence-electron chi connectivity index (χ0n) is 15.0. The molecule has 136 valence electrons. The first-order chi connectivity index (χ1) is 13.8. The topological polar surface area (TPSA) is 66.4 Å². The third-order valence-electron chi connectivity index (χ3n) is 4.18. The number of carbonyl (C=O) groups is 1. The Morgan fingerprint density at radius 1 is 0.857 bits per heavy atom. The van der Waals surface area contributed by atoms with E-state index in [9.17, 15) is 4.79 Å². The van der Waals surface area contributed by atoms with Gasteiger partial charge in [-0.3, -0.25) is 10.2 Å². The van der Waals surface area contributed by atoms with Crippen molar-refractivity contribution in [3.05, 3.63) is 102 Å². The molecule has 0 saturated carbocycles. The van der Waals surface area contributed by atoms with Crippen LogP contribution in [0.15, 0.2) is 96.1 Å². The normalized spacial score (nSPS) is 10.9. The molecule has 0 atom stereocenters. The summed E-state index contributed by atoms with van der Waals surface area (Å²) in [6.45, 7) is 0. The molecule has 28 heavy (non-hydrogen) atoms. The van der Waals surface area contributed by atoms with Crippen LogP contribution in [0.5, 0.6) is 0 Å². The number of carbonyl (C=O) groups excluding carboxylic acids is 1. The van der Waals surface area contributed by atoms with Gasteiger partial charge in [0.15, 0.2) is 0 Å². The number of aromatic nitrogens is 1. The van der Waals surface area contributed by atoms with Gasteiger partial charge >= 0.3 is 0 Å². The van der Waals surface area contributed by atoms with E-state index in [4.69, 9.17) is 0 Å². The zero-order chi connectivity index (χ0) is 19.2. The zero-order valence-corrected chi connectivity index (χ0v) is 15.0. The van der Waals surface area contributed by atoms with Crippen LogP contribution in [0.4, 0.5) is 11.5 Å². The van der Waals surface area contributed by atoms with Gasteiger partial charge in [0.2, 0.25) is 0 Å². The number of nitrogens with zero attached hydrogens (tertiary/aromatic N) is 2. The molecular formula is C23H18N4O. The molecule has 0 aliphatic carbocycles. The first-order valence-electron chi connectivity index (χ1n) is 8.90. The maximum Gasteiger partial charge on any atom is 0.256 e. The Bertz CT molecular complexity index is 1130. The van der Waals surface area contributed by atoms with Crippen molar-refractivity contribution < 1.29 is 4.79 Å². The van der Waals surface area contributed by atoms with Gasteiger partial charge in [-0.1, -0.05) is 66.7 Å². The van der Waals surface area contributed by atoms with Gasteiger partial charge in [-0.15, -0.1) is 0 Å². The van der Waals surface area contributed by atoms with E-state index in [2.05, 4.69) is 20.8 Å². The van der Waals surface area contributed by atoms with Crippen molar-refractivity contribution in [1.82, 2.24) is 4.98 Å². The molecule has 0 aliphatic rings. The molecule has 0 bridgehead atoms. The largest absolute Gasteiger partial charge is 0.322 e. The molecule has 0 radical (unpaired) electrons. The van der Waals surface area contributed by atoms with E-state index >= 15 is 0 Å². The average Bonchev–Trinajstić information content (AvgIpc) is 2.74. The van der Waals surface area contributed by atoms with E-state index in [1.54, 1.807) is 12.3 Å². The lowest BCUT2D eigenvalue weighted by molar-refractivity contribution is 0.102. The first-order valence-corrected chi connectivity index (χ1v) is 8.90. The van der Waals surface area contributed by atoms with E-state index in [1.807, 2.05) is 84.9 Å². The second-order valence-electron chi connectivity index (χ2n) is 6.17. The first kappa shape index (κ1) is 17.4. The van der Waals surface area contributed by atoms with Crippen molar-refractivity contribution in [2.24, 2.45) is 5.10 Å². The minimum absolute atomic E-state index is 0.195. The maximum absolute atomic E-state index is 12.9. The number of rotatable bonds is 5. The predicted octanol–water partition coefficient (Wildman–Crippen LogP) is 4.93. The Morgan fingerprint density at radius 2 is 1.54 bits per heavy atom. The molecule has 4 aromatic rings. The minimum atomic E-state index is -0.195. The molecule has 5 heteroatoms. The number of para-hydroxylation sites is 2. The number of pyridine rings is 1. The van der Waals surface area contributed by atoms with Gasteiger partial charge in [-0.25, -0.2) is 4.98 Å². The van der Waals surface area contributed by atoms with Gasteiger partial charge in [-0.05, 0) is 29.8 Å². The highest BCUT2D eigenvalue weighted by Crippen LogP contribution is 2.22. The quantitative estimate of drug-likeness (QED) is 0.389. The van der Waals surface area contributed by atoms with Gasteiger partial charge in [0.1, 0.15) is 5.82 Å². The second-order valence-corrected chi connectivity index (χ2v) is 6.17. The third-order valence-corrected chi connectivity index (χ3v) is 4.18. The van der Waals surface area contributed by atoms with Crippen LogP contribution in [0.1, 0.15) is 15.9 Å². The van der Waals surface area contributed by atoms with Crippen molar-refractivity contribution in [1.29, 1.82) is 0 Å². The molecule has 0 unspecified atom stereocenters. The fourth-order valence-corrected chi connectivity index (χ4v) is 2.85. The lowest BCUT2D eigenvalue weighted by Gasteiger charge is -2.10. The van der Waals surface area contributed by atoms with E-state index in [-0.39, 0.29) is 5.91 Å². The summed E-state index contributed by atoms with van der Waals surface area (Å²) >= 11 is 0. The van der Waals surface area contributed by atoms with Crippen molar-refractivity contribution >= 4 is 34.5 Å². The molecule has 4 rings (SSSR count). The Kier molecular flexibility index (Phi) is 5.06. The molecule has 0 saturated heterocycles. The SMILES string of the molecule is O=C(Nc1ccccc1)c1cc(N/N=C/c2ccccc2)nc2ccccc12.